The van der Waals surface area contributed by atoms with Crippen LogP contribution in [0.15, 0.2) is 18.2 Å². The topological polar surface area (TPSA) is 23.5 Å². The molecule has 0 aliphatic rings. The molecule has 0 saturated carbocycles. The van der Waals surface area contributed by atoms with Gasteiger partial charge in [-0.1, -0.05) is 17.7 Å². The molecule has 0 aliphatic carbocycles. The van der Waals surface area contributed by atoms with Crippen LogP contribution >= 0.6 is 0 Å². The zero-order valence-corrected chi connectivity index (χ0v) is 10.2. The lowest BCUT2D eigenvalue weighted by Crippen LogP contribution is -2.22. The maximum Gasteiger partial charge on any atom is 0.127 e. The summed E-state index contributed by atoms with van der Waals surface area (Å²) in [5.41, 5.74) is 1.79. The van der Waals surface area contributed by atoms with Gasteiger partial charge in [0.15, 0.2) is 0 Å². The number of rotatable bonds is 5. The summed E-state index contributed by atoms with van der Waals surface area (Å²) in [5.74, 6) is -0.158. The van der Waals surface area contributed by atoms with Crippen molar-refractivity contribution in [3.63, 3.8) is 0 Å². The Morgan fingerprint density at radius 2 is 2.12 bits per heavy atom. The number of benzene rings is 1. The Kier molecular flexibility index (Phi) is 4.90. The van der Waals surface area contributed by atoms with Crippen LogP contribution in [0.4, 0.5) is 4.39 Å². The van der Waals surface area contributed by atoms with Crippen LogP contribution in [0.2, 0.25) is 0 Å². The van der Waals surface area contributed by atoms with E-state index in [1.807, 2.05) is 24.9 Å². The second kappa shape index (κ2) is 5.97. The van der Waals surface area contributed by atoms with Gasteiger partial charge in [0.25, 0.3) is 0 Å². The van der Waals surface area contributed by atoms with Gasteiger partial charge in [-0.05, 0) is 33.4 Å². The van der Waals surface area contributed by atoms with Gasteiger partial charge in [0.2, 0.25) is 0 Å². The lowest BCUT2D eigenvalue weighted by molar-refractivity contribution is 0.162. The van der Waals surface area contributed by atoms with Crippen LogP contribution in [0.3, 0.4) is 0 Å². The quantitative estimate of drug-likeness (QED) is 0.831. The molecule has 0 radical (unpaired) electrons. The summed E-state index contributed by atoms with van der Waals surface area (Å²) in [4.78, 5) is 2.02. The molecule has 1 unspecified atom stereocenters. The van der Waals surface area contributed by atoms with Crippen molar-refractivity contribution in [3.8, 4) is 0 Å². The van der Waals surface area contributed by atoms with Crippen LogP contribution in [0.25, 0.3) is 0 Å². The summed E-state index contributed by atoms with van der Waals surface area (Å²) in [6.45, 7) is 5.07. The molecule has 0 heterocycles. The molecule has 1 N–H and O–H groups in total. The summed E-state index contributed by atoms with van der Waals surface area (Å²) in [5, 5.41) is 9.17. The van der Waals surface area contributed by atoms with Crippen LogP contribution in [-0.2, 0) is 6.54 Å². The van der Waals surface area contributed by atoms with Gasteiger partial charge in [0.1, 0.15) is 5.82 Å². The van der Waals surface area contributed by atoms with E-state index >= 15 is 0 Å². The predicted molar refractivity (Wildman–Crippen MR) is 63.8 cm³/mol. The van der Waals surface area contributed by atoms with Crippen molar-refractivity contribution in [3.05, 3.63) is 35.1 Å². The van der Waals surface area contributed by atoms with Crippen molar-refractivity contribution in [1.29, 1.82) is 0 Å². The molecule has 1 rings (SSSR count). The maximum absolute atomic E-state index is 13.5. The average molecular weight is 225 g/mol. The van der Waals surface area contributed by atoms with E-state index < -0.39 is 0 Å². The second-order valence-electron chi connectivity index (χ2n) is 4.47. The van der Waals surface area contributed by atoms with Crippen molar-refractivity contribution in [2.75, 3.05) is 13.6 Å². The number of hydrogen-bond acceptors (Lipinski definition) is 2. The Morgan fingerprint density at radius 3 is 2.75 bits per heavy atom. The molecule has 0 spiro atoms. The highest BCUT2D eigenvalue weighted by molar-refractivity contribution is 5.23. The van der Waals surface area contributed by atoms with E-state index in [2.05, 4.69) is 0 Å². The first-order valence-electron chi connectivity index (χ1n) is 5.60. The summed E-state index contributed by atoms with van der Waals surface area (Å²) in [6.07, 6.45) is 0.411. The number of aliphatic hydroxyl groups excluding tert-OH is 1. The van der Waals surface area contributed by atoms with E-state index in [1.54, 1.807) is 13.0 Å². The largest absolute Gasteiger partial charge is 0.393 e. The summed E-state index contributed by atoms with van der Waals surface area (Å²) < 4.78 is 13.5. The van der Waals surface area contributed by atoms with Crippen LogP contribution < -0.4 is 0 Å². The minimum absolute atomic E-state index is 0.158. The maximum atomic E-state index is 13.5. The van der Waals surface area contributed by atoms with E-state index in [1.165, 1.54) is 6.07 Å². The van der Waals surface area contributed by atoms with Gasteiger partial charge in [-0.25, -0.2) is 4.39 Å². The molecule has 90 valence electrons. The molecule has 1 aromatic carbocycles. The summed E-state index contributed by atoms with van der Waals surface area (Å²) in [6, 6.07) is 5.15. The number of hydrogen-bond donors (Lipinski definition) is 1. The molecule has 1 atom stereocenters. The van der Waals surface area contributed by atoms with Gasteiger partial charge in [-0.15, -0.1) is 0 Å². The monoisotopic (exact) mass is 225 g/mol. The standard InChI is InChI=1S/C13H20FNO/c1-10-4-5-13(14)12(8-10)9-15(3)7-6-11(2)16/h4-5,8,11,16H,6-7,9H2,1-3H3. The second-order valence-corrected chi connectivity index (χ2v) is 4.47. The molecule has 0 saturated heterocycles. The van der Waals surface area contributed by atoms with E-state index in [-0.39, 0.29) is 11.9 Å². The van der Waals surface area contributed by atoms with Crippen molar-refractivity contribution in [2.45, 2.75) is 32.9 Å². The van der Waals surface area contributed by atoms with E-state index in [0.717, 1.165) is 12.1 Å². The third kappa shape index (κ3) is 4.29. The fourth-order valence-corrected chi connectivity index (χ4v) is 1.60. The van der Waals surface area contributed by atoms with Crippen molar-refractivity contribution < 1.29 is 9.50 Å². The minimum Gasteiger partial charge on any atom is -0.393 e. The molecule has 0 amide bonds. The Hall–Kier alpha value is -0.930. The van der Waals surface area contributed by atoms with Crippen LogP contribution in [0, 0.1) is 12.7 Å². The minimum atomic E-state index is -0.301. The smallest absolute Gasteiger partial charge is 0.127 e. The van der Waals surface area contributed by atoms with Crippen molar-refractivity contribution >= 4 is 0 Å². The summed E-state index contributed by atoms with van der Waals surface area (Å²) in [7, 11) is 1.93. The Morgan fingerprint density at radius 1 is 1.44 bits per heavy atom. The van der Waals surface area contributed by atoms with E-state index in [4.69, 9.17) is 5.11 Å². The van der Waals surface area contributed by atoms with Gasteiger partial charge >= 0.3 is 0 Å². The molecule has 0 aromatic heterocycles. The molecule has 3 heteroatoms. The Balaban J connectivity index is 2.55. The van der Waals surface area contributed by atoms with E-state index in [0.29, 0.717) is 18.5 Å². The molecular weight excluding hydrogens is 205 g/mol. The molecule has 2 nitrogen and oxygen atoms in total. The van der Waals surface area contributed by atoms with Crippen LogP contribution in [-0.4, -0.2) is 29.7 Å². The van der Waals surface area contributed by atoms with Crippen molar-refractivity contribution in [1.82, 2.24) is 4.90 Å². The highest BCUT2D eigenvalue weighted by Gasteiger charge is 2.06. The lowest BCUT2D eigenvalue weighted by atomic mass is 10.1. The fourth-order valence-electron chi connectivity index (χ4n) is 1.60. The van der Waals surface area contributed by atoms with Gasteiger partial charge in [-0.2, -0.15) is 0 Å². The van der Waals surface area contributed by atoms with Crippen LogP contribution in [0.5, 0.6) is 0 Å². The highest BCUT2D eigenvalue weighted by Crippen LogP contribution is 2.12. The molecular formula is C13H20FNO. The van der Waals surface area contributed by atoms with E-state index in [9.17, 15) is 4.39 Å². The number of aliphatic hydroxyl groups is 1. The Bertz CT molecular complexity index is 339. The summed E-state index contributed by atoms with van der Waals surface area (Å²) >= 11 is 0. The molecule has 0 aliphatic heterocycles. The molecule has 0 bridgehead atoms. The molecule has 1 aromatic rings. The zero-order valence-electron chi connectivity index (χ0n) is 10.2. The number of aryl methyl sites for hydroxylation is 1. The number of halogens is 1. The zero-order chi connectivity index (χ0) is 12.1. The van der Waals surface area contributed by atoms with Crippen molar-refractivity contribution in [2.24, 2.45) is 0 Å². The normalized spacial score (nSPS) is 13.1. The first kappa shape index (κ1) is 13.1. The SMILES string of the molecule is Cc1ccc(F)c(CN(C)CCC(C)O)c1. The van der Waals surface area contributed by atoms with Gasteiger partial charge < -0.3 is 10.0 Å². The average Bonchev–Trinajstić information content (AvgIpc) is 2.20. The van der Waals surface area contributed by atoms with Gasteiger partial charge in [0, 0.05) is 18.7 Å². The first-order valence-corrected chi connectivity index (χ1v) is 5.60. The van der Waals surface area contributed by atoms with Gasteiger partial charge in [-0.3, -0.25) is 0 Å². The molecule has 16 heavy (non-hydrogen) atoms. The Labute approximate surface area is 96.7 Å². The lowest BCUT2D eigenvalue weighted by Gasteiger charge is -2.18. The third-order valence-electron chi connectivity index (χ3n) is 2.57. The van der Waals surface area contributed by atoms with Crippen LogP contribution in [0.1, 0.15) is 24.5 Å². The highest BCUT2D eigenvalue weighted by atomic mass is 19.1. The number of nitrogens with zero attached hydrogens (tertiary/aromatic N) is 1. The first-order chi connectivity index (χ1) is 7.49. The van der Waals surface area contributed by atoms with Gasteiger partial charge in [0.05, 0.1) is 6.10 Å². The fraction of sp³-hybridized carbons (Fsp3) is 0.538. The third-order valence-corrected chi connectivity index (χ3v) is 2.57. The molecule has 0 fully saturated rings. The predicted octanol–water partition coefficient (Wildman–Crippen LogP) is 2.34.